The van der Waals surface area contributed by atoms with Crippen molar-refractivity contribution >= 4 is 17.1 Å². The number of methoxy groups -OCH3 is 3. The molecular formula is C22H22O6. The second-order valence-electron chi connectivity index (χ2n) is 6.08. The molecule has 1 heterocycles. The number of carbonyl (C=O) groups excluding carboxylic acids is 1. The van der Waals surface area contributed by atoms with Crippen LogP contribution in [0.1, 0.15) is 18.1 Å². The third-order valence-electron chi connectivity index (χ3n) is 4.26. The number of rotatable bonds is 6. The summed E-state index contributed by atoms with van der Waals surface area (Å²) in [6, 6.07) is 13.0. The van der Waals surface area contributed by atoms with Gasteiger partial charge in [-0.2, -0.15) is 0 Å². The Morgan fingerprint density at radius 3 is 2.00 bits per heavy atom. The first-order chi connectivity index (χ1) is 13.5. The molecule has 146 valence electrons. The Bertz CT molecular complexity index is 902. The van der Waals surface area contributed by atoms with Crippen LogP contribution in [-0.4, -0.2) is 33.9 Å². The van der Waals surface area contributed by atoms with Crippen molar-refractivity contribution in [2.45, 2.75) is 6.92 Å². The summed E-state index contributed by atoms with van der Waals surface area (Å²) in [5, 5.41) is 0. The lowest BCUT2D eigenvalue weighted by molar-refractivity contribution is -0.141. The van der Waals surface area contributed by atoms with Gasteiger partial charge in [0.1, 0.15) is 23.9 Å². The molecule has 0 atom stereocenters. The maximum atomic E-state index is 11.5. The molecule has 0 saturated heterocycles. The zero-order valence-corrected chi connectivity index (χ0v) is 16.3. The minimum absolute atomic E-state index is 0.177. The van der Waals surface area contributed by atoms with Gasteiger partial charge in [-0.1, -0.05) is 12.1 Å². The lowest BCUT2D eigenvalue weighted by Gasteiger charge is -2.21. The fourth-order valence-corrected chi connectivity index (χ4v) is 2.84. The van der Waals surface area contributed by atoms with Crippen LogP contribution in [0.25, 0.3) is 11.1 Å². The first-order valence-corrected chi connectivity index (χ1v) is 8.68. The molecule has 0 amide bonds. The van der Waals surface area contributed by atoms with E-state index in [4.69, 9.17) is 23.7 Å². The number of benzene rings is 2. The third kappa shape index (κ3) is 4.28. The highest BCUT2D eigenvalue weighted by Crippen LogP contribution is 2.35. The lowest BCUT2D eigenvalue weighted by atomic mass is 9.97. The van der Waals surface area contributed by atoms with Gasteiger partial charge in [-0.15, -0.1) is 0 Å². The fourth-order valence-electron chi connectivity index (χ4n) is 2.84. The molecule has 6 nitrogen and oxygen atoms in total. The van der Waals surface area contributed by atoms with Crippen LogP contribution in [0, 0.1) is 0 Å². The Balaban J connectivity index is 2.07. The van der Waals surface area contributed by atoms with Crippen LogP contribution in [0.4, 0.5) is 0 Å². The van der Waals surface area contributed by atoms with Crippen molar-refractivity contribution in [1.29, 1.82) is 0 Å². The molecule has 0 saturated carbocycles. The first kappa shape index (κ1) is 19.4. The van der Waals surface area contributed by atoms with Crippen LogP contribution >= 0.6 is 0 Å². The Morgan fingerprint density at radius 1 is 0.857 bits per heavy atom. The maximum Gasteiger partial charge on any atom is 0.310 e. The van der Waals surface area contributed by atoms with Crippen molar-refractivity contribution in [3.8, 4) is 17.2 Å². The molecule has 0 aliphatic carbocycles. The van der Waals surface area contributed by atoms with Crippen molar-refractivity contribution in [2.75, 3.05) is 27.9 Å². The van der Waals surface area contributed by atoms with Crippen LogP contribution in [0.15, 0.2) is 54.5 Å². The van der Waals surface area contributed by atoms with Crippen LogP contribution in [0.5, 0.6) is 17.2 Å². The Kier molecular flexibility index (Phi) is 5.89. The zero-order chi connectivity index (χ0) is 20.1. The van der Waals surface area contributed by atoms with E-state index in [0.29, 0.717) is 17.1 Å². The largest absolute Gasteiger partial charge is 0.497 e. The lowest BCUT2D eigenvalue weighted by Crippen LogP contribution is -2.12. The molecule has 0 unspecified atom stereocenters. The van der Waals surface area contributed by atoms with Gasteiger partial charge in [0.05, 0.1) is 26.9 Å². The zero-order valence-electron chi connectivity index (χ0n) is 16.3. The number of ether oxygens (including phenoxy) is 5. The number of esters is 1. The van der Waals surface area contributed by atoms with Crippen molar-refractivity contribution in [3.63, 3.8) is 0 Å². The molecule has 28 heavy (non-hydrogen) atoms. The van der Waals surface area contributed by atoms with E-state index in [9.17, 15) is 4.79 Å². The molecule has 3 rings (SSSR count). The summed E-state index contributed by atoms with van der Waals surface area (Å²) in [7, 11) is 4.81. The summed E-state index contributed by atoms with van der Waals surface area (Å²) < 4.78 is 27.0. The topological polar surface area (TPSA) is 63.2 Å². The molecule has 6 heteroatoms. The smallest absolute Gasteiger partial charge is 0.310 e. The summed E-state index contributed by atoms with van der Waals surface area (Å²) >= 11 is 0. The van der Waals surface area contributed by atoms with E-state index in [1.54, 1.807) is 27.4 Å². The Labute approximate surface area is 163 Å². The van der Waals surface area contributed by atoms with Gasteiger partial charge in [-0.3, -0.25) is 4.79 Å². The van der Waals surface area contributed by atoms with E-state index < -0.39 is 5.97 Å². The number of hydrogen-bond donors (Lipinski definition) is 0. The van der Waals surface area contributed by atoms with Gasteiger partial charge >= 0.3 is 5.97 Å². The molecule has 0 aromatic heterocycles. The van der Waals surface area contributed by atoms with Gasteiger partial charge in [0.25, 0.3) is 5.95 Å². The minimum Gasteiger partial charge on any atom is -0.497 e. The quantitative estimate of drug-likeness (QED) is 0.702. The van der Waals surface area contributed by atoms with Crippen molar-refractivity contribution in [2.24, 2.45) is 0 Å². The first-order valence-electron chi connectivity index (χ1n) is 8.68. The Hall–Kier alpha value is -3.41. The van der Waals surface area contributed by atoms with Gasteiger partial charge in [0.15, 0.2) is 0 Å². The maximum absolute atomic E-state index is 11.5. The van der Waals surface area contributed by atoms with E-state index in [0.717, 1.165) is 22.4 Å². The molecule has 0 spiro atoms. The van der Waals surface area contributed by atoms with Crippen molar-refractivity contribution < 1.29 is 28.5 Å². The summed E-state index contributed by atoms with van der Waals surface area (Å²) in [6.45, 7) is 1.59. The van der Waals surface area contributed by atoms with Crippen molar-refractivity contribution in [3.05, 3.63) is 65.6 Å². The summed E-state index contributed by atoms with van der Waals surface area (Å²) in [4.78, 5) is 11.5. The Morgan fingerprint density at radius 2 is 1.46 bits per heavy atom. The highest BCUT2D eigenvalue weighted by atomic mass is 16.7. The van der Waals surface area contributed by atoms with E-state index in [-0.39, 0.29) is 12.6 Å². The number of allylic oxidation sites excluding steroid dienone is 2. The van der Waals surface area contributed by atoms with Crippen LogP contribution in [-0.2, 0) is 14.3 Å². The molecule has 2 aromatic rings. The van der Waals surface area contributed by atoms with Crippen LogP contribution in [0.2, 0.25) is 0 Å². The fraction of sp³-hybridized carbons (Fsp3) is 0.227. The minimum atomic E-state index is -0.444. The normalized spacial score (nSPS) is 13.4. The van der Waals surface area contributed by atoms with Crippen LogP contribution in [0.3, 0.4) is 0 Å². The molecule has 0 fully saturated rings. The number of carbonyl (C=O) groups is 1. The van der Waals surface area contributed by atoms with Gasteiger partial charge in [-0.05, 0) is 47.0 Å². The molecule has 0 N–H and O–H groups in total. The van der Waals surface area contributed by atoms with Gasteiger partial charge < -0.3 is 23.7 Å². The second-order valence-corrected chi connectivity index (χ2v) is 6.08. The predicted octanol–water partition coefficient (Wildman–Crippen LogP) is 4.06. The molecule has 1 aliphatic heterocycles. The predicted molar refractivity (Wildman–Crippen MR) is 105 cm³/mol. The highest BCUT2D eigenvalue weighted by Gasteiger charge is 2.21. The molecule has 2 aromatic carbocycles. The standard InChI is InChI=1S/C22H22O6/c1-14(23)28-22-21(15-5-7-18(24-2)8-6-15)11-17(13-27-22)16-9-19(25-3)12-20(10-16)26-4/h5-12H,13H2,1-4H3. The van der Waals surface area contributed by atoms with Gasteiger partial charge in [-0.25, -0.2) is 0 Å². The summed E-state index contributed by atoms with van der Waals surface area (Å²) in [6.07, 6.45) is 1.94. The SMILES string of the molecule is COc1ccc(C2=C(OC(C)=O)OCC(c3cc(OC)cc(OC)c3)=C2)cc1. The van der Waals surface area contributed by atoms with E-state index >= 15 is 0 Å². The van der Waals surface area contributed by atoms with E-state index in [2.05, 4.69) is 0 Å². The van der Waals surface area contributed by atoms with Crippen LogP contribution < -0.4 is 14.2 Å². The highest BCUT2D eigenvalue weighted by molar-refractivity contribution is 5.87. The van der Waals surface area contributed by atoms with E-state index in [1.807, 2.05) is 42.5 Å². The summed E-state index contributed by atoms with van der Waals surface area (Å²) in [5.74, 6) is 1.82. The number of hydrogen-bond acceptors (Lipinski definition) is 6. The average Bonchev–Trinajstić information content (AvgIpc) is 2.73. The van der Waals surface area contributed by atoms with Crippen molar-refractivity contribution in [1.82, 2.24) is 0 Å². The molecule has 0 radical (unpaired) electrons. The van der Waals surface area contributed by atoms with E-state index in [1.165, 1.54) is 6.92 Å². The van der Waals surface area contributed by atoms with Gasteiger partial charge in [0, 0.05) is 13.0 Å². The molecular weight excluding hydrogens is 360 g/mol. The third-order valence-corrected chi connectivity index (χ3v) is 4.26. The molecule has 1 aliphatic rings. The second kappa shape index (κ2) is 8.52. The summed E-state index contributed by atoms with van der Waals surface area (Å²) in [5.41, 5.74) is 3.30. The average molecular weight is 382 g/mol. The van der Waals surface area contributed by atoms with Gasteiger partial charge in [0.2, 0.25) is 0 Å². The monoisotopic (exact) mass is 382 g/mol. The molecule has 0 bridgehead atoms.